The predicted octanol–water partition coefficient (Wildman–Crippen LogP) is 2.55. The second-order valence-electron chi connectivity index (χ2n) is 5.93. The Labute approximate surface area is 151 Å². The quantitative estimate of drug-likeness (QED) is 0.715. The van der Waals surface area contributed by atoms with Gasteiger partial charge in [-0.2, -0.15) is 0 Å². The molecule has 3 aromatic rings. The first-order valence-corrected chi connectivity index (χ1v) is 8.79. The molecule has 0 saturated heterocycles. The number of benzene rings is 1. The molecule has 7 nitrogen and oxygen atoms in total. The monoisotopic (exact) mass is 376 g/mol. The van der Waals surface area contributed by atoms with E-state index in [1.54, 1.807) is 0 Å². The summed E-state index contributed by atoms with van der Waals surface area (Å²) in [4.78, 5) is 12.1. The summed E-state index contributed by atoms with van der Waals surface area (Å²) in [5.41, 5.74) is 1.06. The van der Waals surface area contributed by atoms with E-state index in [-0.39, 0.29) is 18.3 Å². The van der Waals surface area contributed by atoms with Crippen molar-refractivity contribution in [3.63, 3.8) is 0 Å². The summed E-state index contributed by atoms with van der Waals surface area (Å²) >= 11 is 1.39. The van der Waals surface area contributed by atoms with Gasteiger partial charge in [0, 0.05) is 11.5 Å². The van der Waals surface area contributed by atoms with Gasteiger partial charge >= 0.3 is 0 Å². The summed E-state index contributed by atoms with van der Waals surface area (Å²) in [6, 6.07) is 9.25. The van der Waals surface area contributed by atoms with Crippen LogP contribution in [0.4, 0.5) is 8.78 Å². The van der Waals surface area contributed by atoms with Crippen molar-refractivity contribution in [2.45, 2.75) is 25.4 Å². The Hall–Kier alpha value is -2.75. The van der Waals surface area contributed by atoms with Crippen LogP contribution in [0.1, 0.15) is 28.0 Å². The number of aromatic nitrogens is 5. The van der Waals surface area contributed by atoms with Crippen molar-refractivity contribution in [3.8, 4) is 10.6 Å². The molecule has 1 aromatic carbocycles. The fourth-order valence-electron chi connectivity index (χ4n) is 2.59. The lowest BCUT2D eigenvalue weighted by atomic mass is 10.2. The van der Waals surface area contributed by atoms with Crippen LogP contribution in [0.3, 0.4) is 0 Å². The van der Waals surface area contributed by atoms with Gasteiger partial charge in [0.1, 0.15) is 10.0 Å². The van der Waals surface area contributed by atoms with Gasteiger partial charge in [-0.05, 0) is 6.42 Å². The Balaban J connectivity index is 1.35. The first-order valence-electron chi connectivity index (χ1n) is 7.98. The van der Waals surface area contributed by atoms with Crippen molar-refractivity contribution >= 4 is 17.2 Å². The summed E-state index contributed by atoms with van der Waals surface area (Å²) in [5, 5.41) is 19.8. The fourth-order valence-corrected chi connectivity index (χ4v) is 3.37. The summed E-state index contributed by atoms with van der Waals surface area (Å²) in [6.07, 6.45) is -0.620. The predicted molar refractivity (Wildman–Crippen MR) is 89.7 cm³/mol. The summed E-state index contributed by atoms with van der Waals surface area (Å²) in [5.74, 6) is -1.13. The first kappa shape index (κ1) is 16.7. The van der Waals surface area contributed by atoms with Gasteiger partial charge in [-0.1, -0.05) is 46.9 Å². The van der Waals surface area contributed by atoms with Crippen LogP contribution in [0.25, 0.3) is 10.6 Å². The van der Waals surface area contributed by atoms with Crippen LogP contribution in [-0.2, 0) is 6.54 Å². The normalized spacial score (nSPS) is 18.9. The SMILES string of the molecule is O=C(NCc1nnc(-c2ccccc2)s1)c1cn(C2CC2C(F)F)nn1. The number of rotatable bonds is 6. The van der Waals surface area contributed by atoms with Crippen molar-refractivity contribution < 1.29 is 13.6 Å². The third-order valence-electron chi connectivity index (χ3n) is 4.10. The largest absolute Gasteiger partial charge is 0.344 e. The number of nitrogens with zero attached hydrogens (tertiary/aromatic N) is 5. The average molecular weight is 376 g/mol. The topological polar surface area (TPSA) is 85.6 Å². The number of carbonyl (C=O) groups excluding carboxylic acids is 1. The molecule has 1 aliphatic carbocycles. The molecule has 134 valence electrons. The zero-order valence-electron chi connectivity index (χ0n) is 13.4. The Morgan fingerprint density at radius 3 is 2.81 bits per heavy atom. The van der Waals surface area contributed by atoms with E-state index in [1.807, 2.05) is 30.3 Å². The van der Waals surface area contributed by atoms with E-state index in [1.165, 1.54) is 22.2 Å². The van der Waals surface area contributed by atoms with Crippen LogP contribution in [0.15, 0.2) is 36.5 Å². The number of hydrogen-bond donors (Lipinski definition) is 1. The Kier molecular flexibility index (Phi) is 4.41. The van der Waals surface area contributed by atoms with Crippen molar-refractivity contribution in [1.29, 1.82) is 0 Å². The zero-order chi connectivity index (χ0) is 18.1. The maximum Gasteiger partial charge on any atom is 0.273 e. The van der Waals surface area contributed by atoms with Crippen LogP contribution in [0, 0.1) is 5.92 Å². The maximum atomic E-state index is 12.6. The van der Waals surface area contributed by atoms with Crippen molar-refractivity contribution in [2.24, 2.45) is 5.92 Å². The third-order valence-corrected chi connectivity index (χ3v) is 5.07. The number of alkyl halides is 2. The van der Waals surface area contributed by atoms with E-state index >= 15 is 0 Å². The number of hydrogen-bond acceptors (Lipinski definition) is 6. The Morgan fingerprint density at radius 1 is 1.27 bits per heavy atom. The highest BCUT2D eigenvalue weighted by molar-refractivity contribution is 7.14. The highest BCUT2D eigenvalue weighted by Crippen LogP contribution is 2.46. The lowest BCUT2D eigenvalue weighted by molar-refractivity contribution is 0.0945. The van der Waals surface area contributed by atoms with Crippen molar-refractivity contribution in [1.82, 2.24) is 30.5 Å². The third kappa shape index (κ3) is 3.45. The van der Waals surface area contributed by atoms with E-state index in [2.05, 4.69) is 25.8 Å². The molecule has 4 rings (SSSR count). The number of halogens is 2. The molecule has 2 heterocycles. The molecule has 1 aliphatic rings. The van der Waals surface area contributed by atoms with Gasteiger partial charge in [-0.15, -0.1) is 15.3 Å². The van der Waals surface area contributed by atoms with Crippen molar-refractivity contribution in [3.05, 3.63) is 47.2 Å². The van der Waals surface area contributed by atoms with Crippen molar-refractivity contribution in [2.75, 3.05) is 0 Å². The van der Waals surface area contributed by atoms with Crippen LogP contribution < -0.4 is 5.32 Å². The Morgan fingerprint density at radius 2 is 2.08 bits per heavy atom. The van der Waals surface area contributed by atoms with E-state index in [0.29, 0.717) is 11.4 Å². The van der Waals surface area contributed by atoms with Gasteiger partial charge in [0.05, 0.1) is 18.8 Å². The summed E-state index contributed by atoms with van der Waals surface area (Å²) in [7, 11) is 0. The molecule has 1 saturated carbocycles. The minimum atomic E-state index is -2.38. The summed E-state index contributed by atoms with van der Waals surface area (Å²) < 4.78 is 26.5. The summed E-state index contributed by atoms with van der Waals surface area (Å²) in [6.45, 7) is 0.208. The molecule has 0 radical (unpaired) electrons. The molecule has 2 unspecified atom stereocenters. The first-order chi connectivity index (χ1) is 12.6. The fraction of sp³-hybridized carbons (Fsp3) is 0.312. The van der Waals surface area contributed by atoms with Gasteiger partial charge in [-0.25, -0.2) is 13.5 Å². The minimum absolute atomic E-state index is 0.0951. The molecule has 2 aromatic heterocycles. The van der Waals surface area contributed by atoms with Gasteiger partial charge < -0.3 is 5.32 Å². The van der Waals surface area contributed by atoms with Crippen LogP contribution in [-0.4, -0.2) is 37.5 Å². The second kappa shape index (κ2) is 6.87. The highest BCUT2D eigenvalue weighted by Gasteiger charge is 2.46. The lowest BCUT2D eigenvalue weighted by Crippen LogP contribution is -2.23. The second-order valence-corrected chi connectivity index (χ2v) is 7.00. The van der Waals surface area contributed by atoms with Gasteiger partial charge in [-0.3, -0.25) is 4.79 Å². The van der Waals surface area contributed by atoms with Crippen LogP contribution in [0.2, 0.25) is 0 Å². The van der Waals surface area contributed by atoms with E-state index in [9.17, 15) is 13.6 Å². The molecule has 1 fully saturated rings. The van der Waals surface area contributed by atoms with Gasteiger partial charge in [0.2, 0.25) is 6.43 Å². The van der Waals surface area contributed by atoms with Gasteiger partial charge in [0.25, 0.3) is 5.91 Å². The average Bonchev–Trinajstić information content (AvgIpc) is 3.08. The Bertz CT molecular complexity index is 912. The molecular formula is C16H14F2N6OS. The minimum Gasteiger partial charge on any atom is -0.344 e. The molecule has 0 spiro atoms. The molecule has 10 heteroatoms. The van der Waals surface area contributed by atoms with E-state index in [0.717, 1.165) is 10.6 Å². The zero-order valence-corrected chi connectivity index (χ0v) is 14.2. The van der Waals surface area contributed by atoms with Crippen LogP contribution in [0.5, 0.6) is 0 Å². The molecule has 1 amide bonds. The molecule has 26 heavy (non-hydrogen) atoms. The smallest absolute Gasteiger partial charge is 0.273 e. The molecule has 0 aliphatic heterocycles. The molecular weight excluding hydrogens is 362 g/mol. The molecule has 1 N–H and O–H groups in total. The maximum absolute atomic E-state index is 12.6. The van der Waals surface area contributed by atoms with E-state index in [4.69, 9.17) is 0 Å². The lowest BCUT2D eigenvalue weighted by Gasteiger charge is -1.99. The number of amides is 1. The van der Waals surface area contributed by atoms with E-state index < -0.39 is 18.3 Å². The van der Waals surface area contributed by atoms with Gasteiger partial charge in [0.15, 0.2) is 5.69 Å². The number of carbonyl (C=O) groups is 1. The standard InChI is InChI=1S/C16H14F2N6OS/c17-14(18)10-6-12(10)24-8-11(20-23-24)15(25)19-7-13-21-22-16(26-13)9-4-2-1-3-5-9/h1-5,8,10,12,14H,6-7H2,(H,19,25). The number of nitrogens with one attached hydrogen (secondary N) is 1. The highest BCUT2D eigenvalue weighted by atomic mass is 32.1. The molecule has 0 bridgehead atoms. The molecule has 2 atom stereocenters. The van der Waals surface area contributed by atoms with Crippen LogP contribution >= 0.6 is 11.3 Å².